The van der Waals surface area contributed by atoms with E-state index < -0.39 is 5.72 Å². The molecule has 2 nitrogen and oxygen atoms in total. The fraction of sp³-hybridized carbons (Fsp3) is 0.176. The average molecular weight is 249 g/mol. The zero-order chi connectivity index (χ0) is 12.9. The first-order valence-corrected chi connectivity index (χ1v) is 6.58. The van der Waals surface area contributed by atoms with Crippen molar-refractivity contribution < 1.29 is 4.74 Å². The van der Waals surface area contributed by atoms with Gasteiger partial charge in [0.25, 0.3) is 0 Å². The van der Waals surface area contributed by atoms with Gasteiger partial charge in [0, 0.05) is 17.7 Å². The largest absolute Gasteiger partial charge is 0.472 e. The standard InChI is InChI=1S/C17H15NO/c1-12-6-7-16-13(10-12)8-9-19-17(16)15-5-3-2-4-14(15)11-18-17/h2-10,18H,11H2,1H3. The molecule has 0 fully saturated rings. The summed E-state index contributed by atoms with van der Waals surface area (Å²) >= 11 is 0. The van der Waals surface area contributed by atoms with Crippen LogP contribution in [0.25, 0.3) is 6.08 Å². The molecule has 1 spiro atoms. The van der Waals surface area contributed by atoms with Crippen molar-refractivity contribution >= 4 is 6.08 Å². The molecule has 0 radical (unpaired) electrons. The van der Waals surface area contributed by atoms with Gasteiger partial charge in [-0.1, -0.05) is 48.0 Å². The van der Waals surface area contributed by atoms with Crippen LogP contribution < -0.4 is 5.32 Å². The number of ether oxygens (including phenoxy) is 1. The van der Waals surface area contributed by atoms with E-state index in [-0.39, 0.29) is 0 Å². The van der Waals surface area contributed by atoms with Gasteiger partial charge >= 0.3 is 0 Å². The van der Waals surface area contributed by atoms with Crippen molar-refractivity contribution in [3.05, 3.63) is 76.5 Å². The fourth-order valence-electron chi connectivity index (χ4n) is 3.09. The van der Waals surface area contributed by atoms with E-state index in [1.807, 2.05) is 6.08 Å². The second-order valence-corrected chi connectivity index (χ2v) is 5.20. The summed E-state index contributed by atoms with van der Waals surface area (Å²) in [6.45, 7) is 2.96. The van der Waals surface area contributed by atoms with Crippen LogP contribution in [0, 0.1) is 6.92 Å². The van der Waals surface area contributed by atoms with Crippen LogP contribution in [0.2, 0.25) is 0 Å². The zero-order valence-electron chi connectivity index (χ0n) is 10.8. The molecule has 0 bridgehead atoms. The van der Waals surface area contributed by atoms with Gasteiger partial charge in [0.15, 0.2) is 0 Å². The zero-order valence-corrected chi connectivity index (χ0v) is 10.8. The number of nitrogens with one attached hydrogen (secondary N) is 1. The Labute approximate surface area is 112 Å². The Morgan fingerprint density at radius 2 is 2.00 bits per heavy atom. The fourth-order valence-corrected chi connectivity index (χ4v) is 3.09. The molecule has 2 heteroatoms. The molecule has 2 heterocycles. The highest BCUT2D eigenvalue weighted by molar-refractivity contribution is 5.61. The molecule has 19 heavy (non-hydrogen) atoms. The minimum Gasteiger partial charge on any atom is -0.472 e. The molecule has 2 aromatic rings. The number of benzene rings is 2. The third-order valence-electron chi connectivity index (χ3n) is 4.00. The van der Waals surface area contributed by atoms with Crippen LogP contribution in [0.4, 0.5) is 0 Å². The third-order valence-corrected chi connectivity index (χ3v) is 4.00. The van der Waals surface area contributed by atoms with E-state index in [1.54, 1.807) is 6.26 Å². The number of rotatable bonds is 0. The van der Waals surface area contributed by atoms with Crippen LogP contribution in [0.1, 0.15) is 27.8 Å². The molecule has 0 saturated heterocycles. The Morgan fingerprint density at radius 1 is 1.11 bits per heavy atom. The van der Waals surface area contributed by atoms with Crippen LogP contribution >= 0.6 is 0 Å². The van der Waals surface area contributed by atoms with E-state index in [0.717, 1.165) is 6.54 Å². The summed E-state index contributed by atoms with van der Waals surface area (Å²) in [5.41, 5.74) is 5.73. The summed E-state index contributed by atoms with van der Waals surface area (Å²) in [6.07, 6.45) is 3.84. The van der Waals surface area contributed by atoms with E-state index in [9.17, 15) is 0 Å². The quantitative estimate of drug-likeness (QED) is 0.773. The van der Waals surface area contributed by atoms with Gasteiger partial charge in [0.05, 0.1) is 6.26 Å². The molecular formula is C17H15NO. The van der Waals surface area contributed by atoms with Crippen LogP contribution in [0.3, 0.4) is 0 Å². The molecule has 2 aromatic carbocycles. The lowest BCUT2D eigenvalue weighted by atomic mass is 9.89. The third kappa shape index (κ3) is 1.41. The van der Waals surface area contributed by atoms with E-state index in [2.05, 4.69) is 54.7 Å². The van der Waals surface area contributed by atoms with Crippen molar-refractivity contribution in [2.24, 2.45) is 0 Å². The minimum atomic E-state index is -0.506. The van der Waals surface area contributed by atoms with E-state index >= 15 is 0 Å². The Hall–Kier alpha value is -2.06. The number of hydrogen-bond acceptors (Lipinski definition) is 2. The van der Waals surface area contributed by atoms with E-state index in [0.29, 0.717) is 0 Å². The van der Waals surface area contributed by atoms with Gasteiger partial charge in [-0.05, 0) is 24.1 Å². The molecule has 0 aromatic heterocycles. The lowest BCUT2D eigenvalue weighted by molar-refractivity contribution is 0.0317. The highest BCUT2D eigenvalue weighted by Crippen LogP contribution is 2.42. The lowest BCUT2D eigenvalue weighted by Crippen LogP contribution is -2.41. The van der Waals surface area contributed by atoms with Crippen molar-refractivity contribution in [3.63, 3.8) is 0 Å². The van der Waals surface area contributed by atoms with Crippen molar-refractivity contribution in [1.29, 1.82) is 0 Å². The molecule has 4 rings (SSSR count). The second-order valence-electron chi connectivity index (χ2n) is 5.20. The van der Waals surface area contributed by atoms with Crippen molar-refractivity contribution in [1.82, 2.24) is 5.32 Å². The molecule has 0 amide bonds. The lowest BCUT2D eigenvalue weighted by Gasteiger charge is -2.34. The van der Waals surface area contributed by atoms with Crippen molar-refractivity contribution in [3.8, 4) is 0 Å². The molecule has 2 aliphatic rings. The smallest absolute Gasteiger partial charge is 0.213 e. The Morgan fingerprint density at radius 3 is 2.95 bits per heavy atom. The first-order valence-electron chi connectivity index (χ1n) is 6.58. The summed E-state index contributed by atoms with van der Waals surface area (Å²) in [4.78, 5) is 0. The molecule has 94 valence electrons. The second kappa shape index (κ2) is 3.72. The molecule has 0 aliphatic carbocycles. The summed E-state index contributed by atoms with van der Waals surface area (Å²) < 4.78 is 6.03. The maximum Gasteiger partial charge on any atom is 0.213 e. The van der Waals surface area contributed by atoms with Crippen molar-refractivity contribution in [2.45, 2.75) is 19.2 Å². The SMILES string of the molecule is Cc1ccc2c(c1)C=COC21NCc2ccccc21. The predicted molar refractivity (Wildman–Crippen MR) is 75.4 cm³/mol. The molecular weight excluding hydrogens is 234 g/mol. The maximum absolute atomic E-state index is 6.03. The monoisotopic (exact) mass is 249 g/mol. The van der Waals surface area contributed by atoms with Gasteiger partial charge in [0.2, 0.25) is 5.72 Å². The molecule has 1 atom stereocenters. The van der Waals surface area contributed by atoms with Gasteiger partial charge < -0.3 is 4.74 Å². The minimum absolute atomic E-state index is 0.506. The Bertz CT molecular complexity index is 689. The molecule has 0 saturated carbocycles. The van der Waals surface area contributed by atoms with Gasteiger partial charge in [-0.3, -0.25) is 5.32 Å². The number of fused-ring (bicyclic) bond motifs is 4. The predicted octanol–water partition coefficient (Wildman–Crippen LogP) is 3.30. The molecule has 2 aliphatic heterocycles. The topological polar surface area (TPSA) is 21.3 Å². The van der Waals surface area contributed by atoms with E-state index in [4.69, 9.17) is 4.74 Å². The van der Waals surface area contributed by atoms with Crippen LogP contribution in [0.5, 0.6) is 0 Å². The molecule has 1 unspecified atom stereocenters. The first-order chi connectivity index (χ1) is 9.29. The Kier molecular flexibility index (Phi) is 2.12. The first kappa shape index (κ1) is 10.8. The van der Waals surface area contributed by atoms with Gasteiger partial charge in [-0.25, -0.2) is 0 Å². The normalized spacial score (nSPS) is 23.0. The number of hydrogen-bond donors (Lipinski definition) is 1. The van der Waals surface area contributed by atoms with Gasteiger partial charge in [-0.2, -0.15) is 0 Å². The number of aryl methyl sites for hydroxylation is 1. The van der Waals surface area contributed by atoms with Crippen LogP contribution in [-0.4, -0.2) is 0 Å². The summed E-state index contributed by atoms with van der Waals surface area (Å²) in [6, 6.07) is 15.0. The highest BCUT2D eigenvalue weighted by Gasteiger charge is 2.43. The Balaban J connectivity index is 1.98. The van der Waals surface area contributed by atoms with Gasteiger partial charge in [0.1, 0.15) is 0 Å². The summed E-state index contributed by atoms with van der Waals surface area (Å²) in [5.74, 6) is 0. The van der Waals surface area contributed by atoms with Crippen molar-refractivity contribution in [2.75, 3.05) is 0 Å². The summed E-state index contributed by atoms with van der Waals surface area (Å²) in [7, 11) is 0. The summed E-state index contributed by atoms with van der Waals surface area (Å²) in [5, 5.41) is 3.54. The maximum atomic E-state index is 6.03. The average Bonchev–Trinajstić information content (AvgIpc) is 2.79. The van der Waals surface area contributed by atoms with Crippen LogP contribution in [-0.2, 0) is 17.0 Å². The van der Waals surface area contributed by atoms with Crippen LogP contribution in [0.15, 0.2) is 48.7 Å². The van der Waals surface area contributed by atoms with Gasteiger partial charge in [-0.15, -0.1) is 0 Å². The highest BCUT2D eigenvalue weighted by atomic mass is 16.5. The molecule has 1 N–H and O–H groups in total. The van der Waals surface area contributed by atoms with E-state index in [1.165, 1.54) is 27.8 Å².